The molecule has 0 fully saturated rings. The maximum Gasteiger partial charge on any atom is 0.471 e. The normalized spacial score (nSPS) is 11.0. The summed E-state index contributed by atoms with van der Waals surface area (Å²) in [6.45, 7) is 3.52. The number of ether oxygens (including phenoxy) is 2. The quantitative estimate of drug-likeness (QED) is 0.787. The van der Waals surface area contributed by atoms with Crippen LogP contribution in [-0.2, 0) is 17.6 Å². The van der Waals surface area contributed by atoms with E-state index in [9.17, 15) is 18.0 Å². The van der Waals surface area contributed by atoms with Crippen LogP contribution < -0.4 is 14.8 Å². The number of hydrogen-bond acceptors (Lipinski definition) is 3. The van der Waals surface area contributed by atoms with Crippen LogP contribution in [0.2, 0.25) is 0 Å². The fourth-order valence-electron chi connectivity index (χ4n) is 1.95. The number of amides is 1. The summed E-state index contributed by atoms with van der Waals surface area (Å²) in [5.41, 5.74) is 1.51. The number of halogens is 3. The van der Waals surface area contributed by atoms with Crippen molar-refractivity contribution in [3.8, 4) is 11.5 Å². The molecule has 0 spiro atoms. The molecule has 0 bridgehead atoms. The molecule has 0 radical (unpaired) electrons. The zero-order valence-electron chi connectivity index (χ0n) is 12.4. The van der Waals surface area contributed by atoms with Crippen LogP contribution in [0, 0.1) is 0 Å². The Balaban J connectivity index is 2.84. The minimum atomic E-state index is -4.87. The van der Waals surface area contributed by atoms with Crippen LogP contribution in [0.25, 0.3) is 0 Å². The molecule has 22 heavy (non-hydrogen) atoms. The second-order valence-corrected chi connectivity index (χ2v) is 4.48. The standard InChI is InChI=1S/C15H18F3NO3/c1-4-5-11-12(21-2)8-10(9-13(11)22-3)6-7-19-14(20)15(16,17)18/h4,8-9H,1,5-7H2,2-3H3,(H,19,20). The van der Waals surface area contributed by atoms with Gasteiger partial charge in [0, 0.05) is 12.1 Å². The van der Waals surface area contributed by atoms with Crippen molar-refractivity contribution in [3.63, 3.8) is 0 Å². The number of carbonyl (C=O) groups is 1. The predicted molar refractivity (Wildman–Crippen MR) is 76.2 cm³/mol. The van der Waals surface area contributed by atoms with Crippen molar-refractivity contribution in [2.24, 2.45) is 0 Å². The van der Waals surface area contributed by atoms with Crippen molar-refractivity contribution in [2.45, 2.75) is 19.0 Å². The highest BCUT2D eigenvalue weighted by Gasteiger charge is 2.38. The van der Waals surface area contributed by atoms with E-state index in [0.717, 1.165) is 5.56 Å². The van der Waals surface area contributed by atoms with Crippen molar-refractivity contribution >= 4 is 5.91 Å². The third kappa shape index (κ3) is 4.68. The Morgan fingerprint density at radius 1 is 1.27 bits per heavy atom. The van der Waals surface area contributed by atoms with Gasteiger partial charge in [0.2, 0.25) is 0 Å². The SMILES string of the molecule is C=CCc1c(OC)cc(CCNC(=O)C(F)(F)F)cc1OC. The third-order valence-electron chi connectivity index (χ3n) is 2.97. The van der Waals surface area contributed by atoms with Gasteiger partial charge in [-0.3, -0.25) is 4.79 Å². The van der Waals surface area contributed by atoms with Gasteiger partial charge < -0.3 is 14.8 Å². The average Bonchev–Trinajstić information content (AvgIpc) is 2.47. The van der Waals surface area contributed by atoms with E-state index >= 15 is 0 Å². The lowest BCUT2D eigenvalue weighted by molar-refractivity contribution is -0.173. The Bertz CT molecular complexity index is 516. The van der Waals surface area contributed by atoms with Gasteiger partial charge in [-0.1, -0.05) is 6.08 Å². The van der Waals surface area contributed by atoms with Gasteiger partial charge in [0.1, 0.15) is 11.5 Å². The molecule has 1 aromatic carbocycles. The molecule has 0 aromatic heterocycles. The number of benzene rings is 1. The molecule has 1 aromatic rings. The first-order chi connectivity index (χ1) is 10.3. The minimum Gasteiger partial charge on any atom is -0.496 e. The number of methoxy groups -OCH3 is 2. The van der Waals surface area contributed by atoms with E-state index in [-0.39, 0.29) is 13.0 Å². The van der Waals surface area contributed by atoms with Crippen molar-refractivity contribution in [2.75, 3.05) is 20.8 Å². The molecule has 4 nitrogen and oxygen atoms in total. The highest BCUT2D eigenvalue weighted by Crippen LogP contribution is 2.31. The van der Waals surface area contributed by atoms with Gasteiger partial charge in [-0.25, -0.2) is 0 Å². The summed E-state index contributed by atoms with van der Waals surface area (Å²) in [6, 6.07) is 3.42. The van der Waals surface area contributed by atoms with Gasteiger partial charge in [-0.2, -0.15) is 13.2 Å². The molecule has 1 rings (SSSR count). The van der Waals surface area contributed by atoms with E-state index in [0.29, 0.717) is 23.5 Å². The van der Waals surface area contributed by atoms with E-state index in [2.05, 4.69) is 6.58 Å². The first kappa shape index (κ1) is 17.9. The lowest BCUT2D eigenvalue weighted by Gasteiger charge is -2.15. The first-order valence-corrected chi connectivity index (χ1v) is 6.53. The van der Waals surface area contributed by atoms with Gasteiger partial charge in [0.25, 0.3) is 0 Å². The van der Waals surface area contributed by atoms with Crippen molar-refractivity contribution in [1.82, 2.24) is 5.32 Å². The molecule has 0 atom stereocenters. The number of nitrogens with one attached hydrogen (secondary N) is 1. The van der Waals surface area contributed by atoms with Gasteiger partial charge >= 0.3 is 12.1 Å². The maximum absolute atomic E-state index is 12.1. The summed E-state index contributed by atoms with van der Waals surface area (Å²) in [5.74, 6) is -0.817. The van der Waals surface area contributed by atoms with E-state index in [1.807, 2.05) is 5.32 Å². The monoisotopic (exact) mass is 317 g/mol. The largest absolute Gasteiger partial charge is 0.496 e. The van der Waals surface area contributed by atoms with Crippen LogP contribution in [0.1, 0.15) is 11.1 Å². The van der Waals surface area contributed by atoms with Crippen LogP contribution in [-0.4, -0.2) is 32.8 Å². The molecular formula is C15H18F3NO3. The summed E-state index contributed by atoms with van der Waals surface area (Å²) in [7, 11) is 2.99. The summed E-state index contributed by atoms with van der Waals surface area (Å²) in [5, 5.41) is 1.82. The van der Waals surface area contributed by atoms with Crippen molar-refractivity contribution < 1.29 is 27.4 Å². The Morgan fingerprint density at radius 3 is 2.23 bits per heavy atom. The predicted octanol–water partition coefficient (Wildman–Crippen LogP) is 2.65. The Hall–Kier alpha value is -2.18. The highest BCUT2D eigenvalue weighted by molar-refractivity contribution is 5.81. The zero-order valence-corrected chi connectivity index (χ0v) is 12.4. The number of hydrogen-bond donors (Lipinski definition) is 1. The molecule has 1 amide bonds. The van der Waals surface area contributed by atoms with Crippen LogP contribution in [0.4, 0.5) is 13.2 Å². The summed E-state index contributed by atoms with van der Waals surface area (Å²) in [6.07, 6.45) is -2.41. The highest BCUT2D eigenvalue weighted by atomic mass is 19.4. The first-order valence-electron chi connectivity index (χ1n) is 6.53. The fourth-order valence-corrected chi connectivity index (χ4v) is 1.95. The maximum atomic E-state index is 12.1. The second-order valence-electron chi connectivity index (χ2n) is 4.48. The zero-order chi connectivity index (χ0) is 16.8. The number of rotatable bonds is 7. The molecule has 0 saturated heterocycles. The Kier molecular flexibility index (Phi) is 6.27. The van der Waals surface area contributed by atoms with Crippen LogP contribution in [0.5, 0.6) is 11.5 Å². The van der Waals surface area contributed by atoms with E-state index in [4.69, 9.17) is 9.47 Å². The topological polar surface area (TPSA) is 47.6 Å². The molecule has 7 heteroatoms. The number of carbonyl (C=O) groups excluding carboxylic acids is 1. The van der Waals surface area contributed by atoms with Crippen LogP contribution >= 0.6 is 0 Å². The second kappa shape index (κ2) is 7.72. The lowest BCUT2D eigenvalue weighted by Crippen LogP contribution is -2.37. The van der Waals surface area contributed by atoms with Crippen LogP contribution in [0.3, 0.4) is 0 Å². The smallest absolute Gasteiger partial charge is 0.471 e. The summed E-state index contributed by atoms with van der Waals surface area (Å²) < 4.78 is 46.8. The van der Waals surface area contributed by atoms with E-state index in [1.54, 1.807) is 18.2 Å². The summed E-state index contributed by atoms with van der Waals surface area (Å²) >= 11 is 0. The van der Waals surface area contributed by atoms with E-state index < -0.39 is 12.1 Å². The molecule has 0 unspecified atom stereocenters. The van der Waals surface area contributed by atoms with Crippen molar-refractivity contribution in [3.05, 3.63) is 35.9 Å². The fraction of sp³-hybridized carbons (Fsp3) is 0.400. The van der Waals surface area contributed by atoms with Gasteiger partial charge in [-0.15, -0.1) is 6.58 Å². The lowest BCUT2D eigenvalue weighted by atomic mass is 10.0. The molecule has 0 heterocycles. The molecule has 122 valence electrons. The Morgan fingerprint density at radius 2 is 1.82 bits per heavy atom. The molecule has 0 aliphatic heterocycles. The van der Waals surface area contributed by atoms with Crippen LogP contribution in [0.15, 0.2) is 24.8 Å². The molecule has 0 aliphatic carbocycles. The molecule has 0 aliphatic rings. The molecular weight excluding hydrogens is 299 g/mol. The van der Waals surface area contributed by atoms with E-state index in [1.165, 1.54) is 14.2 Å². The number of allylic oxidation sites excluding steroid dienone is 1. The Labute approximate surface area is 126 Å². The third-order valence-corrected chi connectivity index (χ3v) is 2.97. The minimum absolute atomic E-state index is 0.133. The van der Waals surface area contributed by atoms with Crippen molar-refractivity contribution in [1.29, 1.82) is 0 Å². The van der Waals surface area contributed by atoms with Gasteiger partial charge in [-0.05, 0) is 30.5 Å². The summed E-state index contributed by atoms with van der Waals surface area (Å²) in [4.78, 5) is 10.7. The average molecular weight is 317 g/mol. The molecule has 1 N–H and O–H groups in total. The number of alkyl halides is 3. The van der Waals surface area contributed by atoms with Gasteiger partial charge in [0.15, 0.2) is 0 Å². The van der Waals surface area contributed by atoms with Gasteiger partial charge in [0.05, 0.1) is 14.2 Å². The molecule has 0 saturated carbocycles.